The number of amides is 1. The Kier molecular flexibility index (Phi) is 5.44. The number of benzene rings is 1. The molecule has 1 saturated heterocycles. The summed E-state index contributed by atoms with van der Waals surface area (Å²) < 4.78 is 2.03. The van der Waals surface area contributed by atoms with E-state index in [1.54, 1.807) is 0 Å². The van der Waals surface area contributed by atoms with E-state index in [0.29, 0.717) is 0 Å². The number of nitrogens with one attached hydrogen (secondary N) is 2. The fourth-order valence-electron chi connectivity index (χ4n) is 2.07. The smallest absolute Gasteiger partial charge is 0.241 e. The first-order chi connectivity index (χ1) is 8.66. The van der Waals surface area contributed by atoms with Crippen molar-refractivity contribution in [1.29, 1.82) is 0 Å². The zero-order valence-corrected chi connectivity index (χ0v) is 13.8. The molecule has 0 radical (unpaired) electrons. The molecule has 1 aromatic rings. The van der Waals surface area contributed by atoms with Crippen LogP contribution in [0, 0.1) is 3.57 Å². The average Bonchev–Trinajstić information content (AvgIpc) is 2.62. The van der Waals surface area contributed by atoms with Gasteiger partial charge in [0.2, 0.25) is 5.91 Å². The van der Waals surface area contributed by atoms with E-state index < -0.39 is 0 Å². The molecule has 2 rings (SSSR count). The summed E-state index contributed by atoms with van der Waals surface area (Å²) in [5.41, 5.74) is 0.845. The Balaban J connectivity index is 2.03. The lowest BCUT2D eigenvalue weighted by Gasteiger charge is -2.16. The molecule has 0 bridgehead atoms. The zero-order chi connectivity index (χ0) is 13.0. The van der Waals surface area contributed by atoms with Crippen LogP contribution in [0.15, 0.2) is 22.7 Å². The summed E-state index contributed by atoms with van der Waals surface area (Å²) in [7, 11) is 0. The van der Waals surface area contributed by atoms with Gasteiger partial charge in [0.05, 0.1) is 11.7 Å². The van der Waals surface area contributed by atoms with E-state index in [2.05, 4.69) is 49.2 Å². The van der Waals surface area contributed by atoms with Crippen LogP contribution in [0.5, 0.6) is 0 Å². The highest BCUT2D eigenvalue weighted by Crippen LogP contribution is 2.24. The number of hydrogen-bond donors (Lipinski definition) is 2. The minimum Gasteiger partial charge on any atom is -0.324 e. The molecule has 1 fully saturated rings. The van der Waals surface area contributed by atoms with E-state index in [4.69, 9.17) is 0 Å². The third kappa shape index (κ3) is 3.93. The first-order valence-corrected chi connectivity index (χ1v) is 8.03. The first-order valence-electron chi connectivity index (χ1n) is 6.16. The summed E-state index contributed by atoms with van der Waals surface area (Å²) in [6, 6.07) is 5.87. The molecule has 0 spiro atoms. The monoisotopic (exact) mass is 422 g/mol. The van der Waals surface area contributed by atoms with E-state index in [9.17, 15) is 4.79 Å². The molecule has 1 heterocycles. The molecule has 3 nitrogen and oxygen atoms in total. The molecule has 1 unspecified atom stereocenters. The maximum Gasteiger partial charge on any atom is 0.241 e. The predicted molar refractivity (Wildman–Crippen MR) is 85.7 cm³/mol. The lowest BCUT2D eigenvalue weighted by molar-refractivity contribution is -0.118. The van der Waals surface area contributed by atoms with Crippen molar-refractivity contribution >= 4 is 50.1 Å². The Morgan fingerprint density at radius 2 is 2.22 bits per heavy atom. The van der Waals surface area contributed by atoms with Gasteiger partial charge in [0.15, 0.2) is 0 Å². The highest BCUT2D eigenvalue weighted by molar-refractivity contribution is 14.1. The highest BCUT2D eigenvalue weighted by Gasteiger charge is 2.20. The Labute approximate surface area is 129 Å². The van der Waals surface area contributed by atoms with Crippen LogP contribution in [0.1, 0.15) is 25.7 Å². The van der Waals surface area contributed by atoms with E-state index in [-0.39, 0.29) is 11.9 Å². The van der Waals surface area contributed by atoms with E-state index in [1.165, 1.54) is 6.42 Å². The van der Waals surface area contributed by atoms with Crippen molar-refractivity contribution in [3.05, 3.63) is 26.2 Å². The standard InChI is InChI=1S/C13H16BrIN2O/c14-10-6-5-9(15)8-12(10)17-13(18)11-4-2-1-3-7-16-11/h5-6,8,11,16H,1-4,7H2,(H,17,18). The summed E-state index contributed by atoms with van der Waals surface area (Å²) >= 11 is 5.70. The largest absolute Gasteiger partial charge is 0.324 e. The topological polar surface area (TPSA) is 41.1 Å². The minimum atomic E-state index is -0.0581. The van der Waals surface area contributed by atoms with Gasteiger partial charge in [0, 0.05) is 8.04 Å². The lowest BCUT2D eigenvalue weighted by Crippen LogP contribution is -2.39. The van der Waals surface area contributed by atoms with Crippen LogP contribution in [-0.2, 0) is 4.79 Å². The zero-order valence-electron chi connectivity index (χ0n) is 10.0. The molecule has 18 heavy (non-hydrogen) atoms. The van der Waals surface area contributed by atoms with E-state index in [0.717, 1.165) is 39.5 Å². The SMILES string of the molecule is O=C(Nc1cc(I)ccc1Br)C1CCCCCN1. The van der Waals surface area contributed by atoms with Gasteiger partial charge in [-0.05, 0) is 76.1 Å². The molecule has 1 aliphatic rings. The van der Waals surface area contributed by atoms with Crippen LogP contribution < -0.4 is 10.6 Å². The minimum absolute atomic E-state index is 0.0581. The molecule has 1 atom stereocenters. The third-order valence-electron chi connectivity index (χ3n) is 3.06. The number of rotatable bonds is 2. The fourth-order valence-corrected chi connectivity index (χ4v) is 2.90. The quantitative estimate of drug-likeness (QED) is 0.716. The summed E-state index contributed by atoms with van der Waals surface area (Å²) in [6.07, 6.45) is 4.42. The molecule has 0 aromatic heterocycles. The molecule has 1 aliphatic heterocycles. The Bertz CT molecular complexity index is 431. The number of halogens is 2. The van der Waals surface area contributed by atoms with E-state index >= 15 is 0 Å². The second-order valence-corrected chi connectivity index (χ2v) is 6.57. The van der Waals surface area contributed by atoms with Gasteiger partial charge in [-0.25, -0.2) is 0 Å². The van der Waals surface area contributed by atoms with Crippen molar-refractivity contribution in [2.45, 2.75) is 31.7 Å². The van der Waals surface area contributed by atoms with Crippen LogP contribution in [-0.4, -0.2) is 18.5 Å². The Morgan fingerprint density at radius 3 is 3.06 bits per heavy atom. The van der Waals surface area contributed by atoms with Gasteiger partial charge in [-0.3, -0.25) is 4.79 Å². The fraction of sp³-hybridized carbons (Fsp3) is 0.462. The van der Waals surface area contributed by atoms with Gasteiger partial charge in [-0.1, -0.05) is 12.8 Å². The van der Waals surface area contributed by atoms with Crippen LogP contribution in [0.25, 0.3) is 0 Å². The van der Waals surface area contributed by atoms with Crippen LogP contribution in [0.4, 0.5) is 5.69 Å². The van der Waals surface area contributed by atoms with Crippen molar-refractivity contribution in [3.8, 4) is 0 Å². The summed E-state index contributed by atoms with van der Waals surface area (Å²) in [4.78, 5) is 12.2. The van der Waals surface area contributed by atoms with Gasteiger partial charge in [-0.15, -0.1) is 0 Å². The Morgan fingerprint density at radius 1 is 1.39 bits per heavy atom. The second-order valence-electron chi connectivity index (χ2n) is 4.47. The molecule has 1 amide bonds. The highest BCUT2D eigenvalue weighted by atomic mass is 127. The molecule has 0 saturated carbocycles. The first kappa shape index (κ1) is 14.3. The molecular formula is C13H16BrIN2O. The normalized spacial score (nSPS) is 20.2. The van der Waals surface area contributed by atoms with Crippen molar-refractivity contribution in [2.24, 2.45) is 0 Å². The van der Waals surface area contributed by atoms with Crippen LogP contribution in [0.3, 0.4) is 0 Å². The number of carbonyl (C=O) groups is 1. The van der Waals surface area contributed by atoms with Gasteiger partial charge < -0.3 is 10.6 Å². The third-order valence-corrected chi connectivity index (χ3v) is 4.43. The van der Waals surface area contributed by atoms with Gasteiger partial charge in [-0.2, -0.15) is 0 Å². The second kappa shape index (κ2) is 6.86. The summed E-state index contributed by atoms with van der Waals surface area (Å²) in [5.74, 6) is 0.0691. The molecule has 1 aromatic carbocycles. The average molecular weight is 423 g/mol. The number of hydrogen-bond acceptors (Lipinski definition) is 2. The molecule has 0 aliphatic carbocycles. The molecule has 2 N–H and O–H groups in total. The van der Waals surface area contributed by atoms with Crippen molar-refractivity contribution < 1.29 is 4.79 Å². The van der Waals surface area contributed by atoms with Gasteiger partial charge in [0.1, 0.15) is 0 Å². The van der Waals surface area contributed by atoms with Crippen molar-refractivity contribution in [3.63, 3.8) is 0 Å². The van der Waals surface area contributed by atoms with Gasteiger partial charge >= 0.3 is 0 Å². The molecular weight excluding hydrogens is 407 g/mol. The number of carbonyl (C=O) groups excluding carboxylic acids is 1. The lowest BCUT2D eigenvalue weighted by atomic mass is 10.1. The van der Waals surface area contributed by atoms with E-state index in [1.807, 2.05) is 18.2 Å². The maximum absolute atomic E-state index is 12.2. The predicted octanol–water partition coefficient (Wildman–Crippen LogP) is 3.52. The Hall–Kier alpha value is -0.140. The maximum atomic E-state index is 12.2. The van der Waals surface area contributed by atoms with Crippen LogP contribution in [0.2, 0.25) is 0 Å². The van der Waals surface area contributed by atoms with Crippen LogP contribution >= 0.6 is 38.5 Å². The van der Waals surface area contributed by atoms with Gasteiger partial charge in [0.25, 0.3) is 0 Å². The summed E-state index contributed by atoms with van der Waals surface area (Å²) in [5, 5.41) is 6.30. The number of anilines is 1. The summed E-state index contributed by atoms with van der Waals surface area (Å²) in [6.45, 7) is 0.936. The van der Waals surface area contributed by atoms with Crippen molar-refractivity contribution in [2.75, 3.05) is 11.9 Å². The molecule has 5 heteroatoms. The molecule has 98 valence electrons. The van der Waals surface area contributed by atoms with Crippen molar-refractivity contribution in [1.82, 2.24) is 5.32 Å².